The number of hydrogen-bond donors (Lipinski definition) is 0. The maximum Gasteiger partial charge on any atom is 0.394 e. The predicted octanol–water partition coefficient (Wildman–Crippen LogP) is -0.850. The van der Waals surface area contributed by atoms with Gasteiger partial charge in [-0.05, 0) is 4.68 Å². The number of rotatable bonds is 2. The minimum absolute atomic E-state index is 0.197. The Morgan fingerprint density at radius 2 is 2.15 bits per heavy atom. The van der Waals surface area contributed by atoms with Crippen LogP contribution in [0.25, 0.3) is 6.20 Å². The van der Waals surface area contributed by atoms with Crippen LogP contribution in [-0.2, 0) is 0 Å². The molecule has 0 aliphatic carbocycles. The summed E-state index contributed by atoms with van der Waals surface area (Å²) in [6, 6.07) is 0.909. The second kappa shape index (κ2) is 3.05. The summed E-state index contributed by atoms with van der Waals surface area (Å²) < 4.78 is 0.742. The maximum absolute atomic E-state index is 11.1. The van der Waals surface area contributed by atoms with E-state index in [4.69, 9.17) is 0 Å². The molecular formula is C6H5N3O4. The zero-order valence-electron chi connectivity index (χ0n) is 6.41. The monoisotopic (exact) mass is 183 g/mol. The summed E-state index contributed by atoms with van der Waals surface area (Å²) in [5, 5.41) is 9.29. The highest BCUT2D eigenvalue weighted by Crippen LogP contribution is 1.76. The van der Waals surface area contributed by atoms with Crippen molar-refractivity contribution in [1.29, 1.82) is 0 Å². The van der Waals surface area contributed by atoms with E-state index in [1.54, 1.807) is 0 Å². The van der Waals surface area contributed by atoms with Gasteiger partial charge in [-0.25, -0.2) is 19.5 Å². The molecule has 1 heterocycles. The van der Waals surface area contributed by atoms with Crippen LogP contribution in [0.5, 0.6) is 0 Å². The fraction of sp³-hybridized carbons (Fsp3) is 0. The van der Waals surface area contributed by atoms with Crippen molar-refractivity contribution in [3.05, 3.63) is 49.8 Å². The first-order chi connectivity index (χ1) is 6.07. The third-order valence-corrected chi connectivity index (χ3v) is 1.36. The molecular weight excluding hydrogens is 178 g/mol. The Kier molecular flexibility index (Phi) is 2.09. The zero-order chi connectivity index (χ0) is 10.0. The zero-order valence-corrected chi connectivity index (χ0v) is 6.41. The molecule has 0 bridgehead atoms. The van der Waals surface area contributed by atoms with Crippen LogP contribution >= 0.6 is 0 Å². The average molecular weight is 183 g/mol. The summed E-state index contributed by atoms with van der Waals surface area (Å²) in [4.78, 5) is 32.2. The van der Waals surface area contributed by atoms with Crippen molar-refractivity contribution in [2.75, 3.05) is 0 Å². The molecule has 13 heavy (non-hydrogen) atoms. The first-order valence-corrected chi connectivity index (χ1v) is 3.19. The lowest BCUT2D eigenvalue weighted by Crippen LogP contribution is -2.38. The van der Waals surface area contributed by atoms with Gasteiger partial charge in [-0.3, -0.25) is 4.79 Å². The fourth-order valence-electron chi connectivity index (χ4n) is 0.775. The van der Waals surface area contributed by atoms with Crippen LogP contribution in [-0.4, -0.2) is 14.3 Å². The van der Waals surface area contributed by atoms with Crippen molar-refractivity contribution in [3.63, 3.8) is 0 Å². The van der Waals surface area contributed by atoms with Crippen LogP contribution in [0, 0.1) is 10.1 Å². The van der Waals surface area contributed by atoms with Gasteiger partial charge in [-0.2, -0.15) is 0 Å². The van der Waals surface area contributed by atoms with Gasteiger partial charge in [0, 0.05) is 12.3 Å². The van der Waals surface area contributed by atoms with Crippen LogP contribution in [0.1, 0.15) is 0 Å². The quantitative estimate of drug-likeness (QED) is 0.441. The summed E-state index contributed by atoms with van der Waals surface area (Å²) >= 11 is 0. The van der Waals surface area contributed by atoms with E-state index in [9.17, 15) is 19.7 Å². The molecule has 0 spiro atoms. The summed E-state index contributed by atoms with van der Waals surface area (Å²) in [6.45, 7) is 3.18. The van der Waals surface area contributed by atoms with Gasteiger partial charge < -0.3 is 0 Å². The molecule has 0 atom stereocenters. The largest absolute Gasteiger partial charge is 0.394 e. The molecule has 7 nitrogen and oxygen atoms in total. The van der Waals surface area contributed by atoms with Crippen LogP contribution < -0.4 is 11.2 Å². The van der Waals surface area contributed by atoms with Gasteiger partial charge in [-0.15, -0.1) is 0 Å². The van der Waals surface area contributed by atoms with Gasteiger partial charge in [0.2, 0.25) is 0 Å². The second-order valence-corrected chi connectivity index (χ2v) is 2.07. The Morgan fingerprint density at radius 3 is 2.62 bits per heavy atom. The van der Waals surface area contributed by atoms with Crippen molar-refractivity contribution in [2.45, 2.75) is 0 Å². The molecule has 0 unspecified atom stereocenters. The van der Waals surface area contributed by atoms with E-state index in [0.29, 0.717) is 4.57 Å². The van der Waals surface area contributed by atoms with Crippen LogP contribution in [0.2, 0.25) is 0 Å². The summed E-state index contributed by atoms with van der Waals surface area (Å²) in [7, 11) is 0. The third kappa shape index (κ3) is 1.39. The molecule has 0 radical (unpaired) electrons. The fourth-order valence-corrected chi connectivity index (χ4v) is 0.775. The molecule has 0 amide bonds. The Balaban J connectivity index is 3.64. The molecule has 0 saturated heterocycles. The van der Waals surface area contributed by atoms with Crippen molar-refractivity contribution in [1.82, 2.24) is 9.24 Å². The lowest BCUT2D eigenvalue weighted by molar-refractivity contribution is -0.546. The van der Waals surface area contributed by atoms with Gasteiger partial charge in [0.05, 0.1) is 6.20 Å². The van der Waals surface area contributed by atoms with E-state index in [0.717, 1.165) is 18.5 Å². The normalized spacial score (nSPS) is 9.54. The lowest BCUT2D eigenvalue weighted by atomic mass is 10.6. The van der Waals surface area contributed by atoms with Crippen LogP contribution in [0.3, 0.4) is 0 Å². The average Bonchev–Trinajstić information content (AvgIpc) is 2.04. The lowest BCUT2D eigenvalue weighted by Gasteiger charge is -1.96. The van der Waals surface area contributed by atoms with E-state index in [2.05, 4.69) is 6.58 Å². The Morgan fingerprint density at radius 1 is 1.54 bits per heavy atom. The Hall–Kier alpha value is -2.18. The summed E-state index contributed by atoms with van der Waals surface area (Å²) in [5.74, 6) is 0. The molecule has 0 fully saturated rings. The van der Waals surface area contributed by atoms with Crippen molar-refractivity contribution < 1.29 is 5.03 Å². The van der Waals surface area contributed by atoms with Crippen molar-refractivity contribution >= 4 is 6.20 Å². The highest BCUT2D eigenvalue weighted by molar-refractivity contribution is 5.14. The van der Waals surface area contributed by atoms with E-state index < -0.39 is 16.3 Å². The molecule has 7 heteroatoms. The minimum atomic E-state index is -1.05. The van der Waals surface area contributed by atoms with E-state index in [1.165, 1.54) is 0 Å². The molecule has 1 rings (SSSR count). The second-order valence-electron chi connectivity index (χ2n) is 2.07. The smallest absolute Gasteiger partial charge is 0.269 e. The van der Waals surface area contributed by atoms with Gasteiger partial charge in [0.25, 0.3) is 5.56 Å². The minimum Gasteiger partial charge on any atom is -0.269 e. The van der Waals surface area contributed by atoms with E-state index in [-0.39, 0.29) is 4.68 Å². The highest BCUT2D eigenvalue weighted by atomic mass is 16.7. The Labute approximate surface area is 71.3 Å². The summed E-state index contributed by atoms with van der Waals surface area (Å²) in [6.07, 6.45) is 1.72. The number of nitro groups is 1. The molecule has 0 aliphatic rings. The van der Waals surface area contributed by atoms with Crippen LogP contribution in [0.15, 0.2) is 28.4 Å². The molecule has 0 aromatic carbocycles. The third-order valence-electron chi connectivity index (χ3n) is 1.36. The number of aromatic nitrogens is 2. The predicted molar refractivity (Wildman–Crippen MR) is 43.7 cm³/mol. The number of nitrogens with zero attached hydrogens (tertiary/aromatic N) is 3. The molecule has 1 aromatic heterocycles. The molecule has 0 N–H and O–H groups in total. The molecule has 0 aliphatic heterocycles. The van der Waals surface area contributed by atoms with E-state index in [1.807, 2.05) is 0 Å². The van der Waals surface area contributed by atoms with Crippen molar-refractivity contribution in [3.8, 4) is 0 Å². The van der Waals surface area contributed by atoms with Crippen molar-refractivity contribution in [2.24, 2.45) is 0 Å². The maximum atomic E-state index is 11.1. The SMILES string of the molecule is C=Cn1c(=O)ccn([N+](=O)[O-])c1=O. The number of hydrogen-bond acceptors (Lipinski definition) is 4. The van der Waals surface area contributed by atoms with Gasteiger partial charge in [-0.1, -0.05) is 6.58 Å². The molecule has 0 saturated carbocycles. The van der Waals surface area contributed by atoms with Gasteiger partial charge >= 0.3 is 5.69 Å². The van der Waals surface area contributed by atoms with E-state index >= 15 is 0 Å². The summed E-state index contributed by atoms with van der Waals surface area (Å²) in [5.41, 5.74) is -1.70. The van der Waals surface area contributed by atoms with Gasteiger partial charge in [0.1, 0.15) is 0 Å². The Bertz CT molecular complexity index is 470. The molecule has 1 aromatic rings. The first kappa shape index (κ1) is 8.91. The highest BCUT2D eigenvalue weighted by Gasteiger charge is 2.08. The standard InChI is InChI=1S/C6H5N3O4/c1-2-7-5(10)3-4-8(6(7)11)9(12)13/h2-4H,1H2. The topological polar surface area (TPSA) is 87.1 Å². The van der Waals surface area contributed by atoms with Gasteiger partial charge in [0.15, 0.2) is 5.03 Å². The first-order valence-electron chi connectivity index (χ1n) is 3.19. The molecule has 68 valence electrons. The van der Waals surface area contributed by atoms with Crippen LogP contribution in [0.4, 0.5) is 0 Å².